The van der Waals surface area contributed by atoms with E-state index >= 15 is 0 Å². The highest BCUT2D eigenvalue weighted by Crippen LogP contribution is 2.23. The van der Waals surface area contributed by atoms with Crippen molar-refractivity contribution in [2.45, 2.75) is 12.6 Å². The molecule has 96 valence electrons. The van der Waals surface area contributed by atoms with Gasteiger partial charge < -0.3 is 9.84 Å². The highest BCUT2D eigenvalue weighted by Gasteiger charge is 2.12. The number of methoxy groups -OCH3 is 1. The van der Waals surface area contributed by atoms with Crippen LogP contribution in [0.1, 0.15) is 11.7 Å². The lowest BCUT2D eigenvalue weighted by molar-refractivity contribution is 0.151. The number of hydrogen-bond acceptors (Lipinski definition) is 3. The van der Waals surface area contributed by atoms with Crippen LogP contribution in [0.25, 0.3) is 0 Å². The van der Waals surface area contributed by atoms with E-state index in [9.17, 15) is 9.50 Å². The van der Waals surface area contributed by atoms with E-state index in [0.717, 1.165) is 4.47 Å². The predicted molar refractivity (Wildman–Crippen MR) is 67.8 cm³/mol. The quantitative estimate of drug-likeness (QED) is 0.943. The average molecular weight is 315 g/mol. The van der Waals surface area contributed by atoms with Crippen molar-refractivity contribution in [2.75, 3.05) is 7.11 Å². The Morgan fingerprint density at radius 3 is 2.89 bits per heavy atom. The summed E-state index contributed by atoms with van der Waals surface area (Å²) < 4.78 is 20.7. The maximum Gasteiger partial charge on any atom is 0.165 e. The number of rotatable bonds is 4. The molecule has 18 heavy (non-hydrogen) atoms. The number of halogens is 2. The maximum absolute atomic E-state index is 13.5. The topological polar surface area (TPSA) is 47.3 Å². The third kappa shape index (κ3) is 2.88. The molecule has 2 aromatic rings. The fourth-order valence-corrected chi connectivity index (χ4v) is 1.94. The molecule has 1 atom stereocenters. The van der Waals surface area contributed by atoms with Gasteiger partial charge in [0, 0.05) is 6.20 Å². The molecule has 0 spiro atoms. The fourth-order valence-electron chi connectivity index (χ4n) is 1.61. The van der Waals surface area contributed by atoms with Crippen LogP contribution in [0.3, 0.4) is 0 Å². The minimum absolute atomic E-state index is 0.160. The molecule has 1 heterocycles. The molecule has 1 N–H and O–H groups in total. The summed E-state index contributed by atoms with van der Waals surface area (Å²) in [5.41, 5.74) is 0.486. The van der Waals surface area contributed by atoms with E-state index in [1.54, 1.807) is 23.1 Å². The van der Waals surface area contributed by atoms with Gasteiger partial charge in [-0.15, -0.1) is 0 Å². The van der Waals surface area contributed by atoms with Crippen molar-refractivity contribution in [1.29, 1.82) is 0 Å². The van der Waals surface area contributed by atoms with Crippen LogP contribution in [0, 0.1) is 5.82 Å². The molecule has 1 aromatic heterocycles. The van der Waals surface area contributed by atoms with Crippen molar-refractivity contribution in [2.24, 2.45) is 0 Å². The Balaban J connectivity index is 2.13. The van der Waals surface area contributed by atoms with E-state index in [1.807, 2.05) is 0 Å². The van der Waals surface area contributed by atoms with E-state index in [2.05, 4.69) is 21.0 Å². The van der Waals surface area contributed by atoms with Crippen molar-refractivity contribution >= 4 is 15.9 Å². The van der Waals surface area contributed by atoms with Gasteiger partial charge >= 0.3 is 0 Å². The van der Waals surface area contributed by atoms with Crippen molar-refractivity contribution in [3.8, 4) is 5.75 Å². The molecule has 0 aliphatic heterocycles. The smallest absolute Gasteiger partial charge is 0.165 e. The lowest BCUT2D eigenvalue weighted by Gasteiger charge is -2.12. The van der Waals surface area contributed by atoms with Crippen molar-refractivity contribution in [3.05, 3.63) is 46.4 Å². The Hall–Kier alpha value is -1.40. The van der Waals surface area contributed by atoms with E-state index in [4.69, 9.17) is 4.74 Å². The summed E-state index contributed by atoms with van der Waals surface area (Å²) in [7, 11) is 1.40. The van der Waals surface area contributed by atoms with Gasteiger partial charge in [-0.1, -0.05) is 6.07 Å². The number of aliphatic hydroxyl groups excluding tert-OH is 1. The van der Waals surface area contributed by atoms with E-state index < -0.39 is 11.9 Å². The molecule has 0 saturated heterocycles. The normalized spacial score (nSPS) is 12.4. The second kappa shape index (κ2) is 5.49. The van der Waals surface area contributed by atoms with Crippen molar-refractivity contribution in [3.63, 3.8) is 0 Å². The van der Waals surface area contributed by atoms with E-state index in [-0.39, 0.29) is 12.3 Å². The first-order valence-corrected chi connectivity index (χ1v) is 6.09. The number of aliphatic hydroxyl groups is 1. The first kappa shape index (κ1) is 13.0. The van der Waals surface area contributed by atoms with Crippen molar-refractivity contribution < 1.29 is 14.2 Å². The average Bonchev–Trinajstić information content (AvgIpc) is 2.74. The highest BCUT2D eigenvalue weighted by molar-refractivity contribution is 9.10. The van der Waals surface area contributed by atoms with Gasteiger partial charge in [0.05, 0.1) is 30.4 Å². The van der Waals surface area contributed by atoms with Crippen LogP contribution in [-0.2, 0) is 6.54 Å². The summed E-state index contributed by atoms with van der Waals surface area (Å²) in [6.07, 6.45) is 2.54. The second-order valence-electron chi connectivity index (χ2n) is 3.79. The second-order valence-corrected chi connectivity index (χ2v) is 4.71. The molecule has 0 amide bonds. The Bertz CT molecular complexity index is 545. The lowest BCUT2D eigenvalue weighted by atomic mass is 10.1. The summed E-state index contributed by atoms with van der Waals surface area (Å²) in [5, 5.41) is 14.0. The third-order valence-electron chi connectivity index (χ3n) is 2.52. The van der Waals surface area contributed by atoms with Crippen LogP contribution in [0.4, 0.5) is 4.39 Å². The number of aromatic nitrogens is 2. The predicted octanol–water partition coefficient (Wildman–Crippen LogP) is 2.53. The standard InChI is InChI=1S/C12H12BrFN2O2/c1-18-12-3-2-8(4-10(12)14)11(17)7-16-6-9(13)5-15-16/h2-6,11,17H,7H2,1H3. The molecule has 0 radical (unpaired) electrons. The number of benzene rings is 1. The van der Waals surface area contributed by atoms with Crippen LogP contribution in [-0.4, -0.2) is 22.0 Å². The Morgan fingerprint density at radius 1 is 1.56 bits per heavy atom. The van der Waals surface area contributed by atoms with Gasteiger partial charge in [0.15, 0.2) is 11.6 Å². The van der Waals surface area contributed by atoms with Crippen LogP contribution < -0.4 is 4.74 Å². The molecular formula is C12H12BrFN2O2. The summed E-state index contributed by atoms with van der Waals surface area (Å²) in [4.78, 5) is 0. The molecular weight excluding hydrogens is 303 g/mol. The summed E-state index contributed by atoms with van der Waals surface area (Å²) in [6, 6.07) is 4.39. The van der Waals surface area contributed by atoms with Crippen LogP contribution in [0.15, 0.2) is 35.1 Å². The SMILES string of the molecule is COc1ccc(C(O)Cn2cc(Br)cn2)cc1F. The van der Waals surface area contributed by atoms with E-state index in [1.165, 1.54) is 19.2 Å². The van der Waals surface area contributed by atoms with Gasteiger partial charge in [-0.05, 0) is 33.6 Å². The molecule has 0 fully saturated rings. The minimum atomic E-state index is -0.822. The van der Waals surface area contributed by atoms with Gasteiger partial charge in [-0.3, -0.25) is 4.68 Å². The number of ether oxygens (including phenoxy) is 1. The van der Waals surface area contributed by atoms with Gasteiger partial charge in [-0.2, -0.15) is 5.10 Å². The maximum atomic E-state index is 13.5. The molecule has 0 saturated carbocycles. The molecule has 0 aliphatic rings. The van der Waals surface area contributed by atoms with Gasteiger partial charge in [0.1, 0.15) is 0 Å². The number of nitrogens with zero attached hydrogens (tertiary/aromatic N) is 2. The molecule has 2 rings (SSSR count). The zero-order chi connectivity index (χ0) is 13.1. The molecule has 0 aliphatic carbocycles. The van der Waals surface area contributed by atoms with Crippen molar-refractivity contribution in [1.82, 2.24) is 9.78 Å². The van der Waals surface area contributed by atoms with Gasteiger partial charge in [-0.25, -0.2) is 4.39 Å². The number of hydrogen-bond donors (Lipinski definition) is 1. The monoisotopic (exact) mass is 314 g/mol. The van der Waals surface area contributed by atoms with E-state index in [0.29, 0.717) is 5.56 Å². The summed E-state index contributed by atoms with van der Waals surface area (Å²) in [6.45, 7) is 0.261. The third-order valence-corrected chi connectivity index (χ3v) is 2.93. The first-order valence-electron chi connectivity index (χ1n) is 5.29. The Labute approximate surface area is 112 Å². The zero-order valence-corrected chi connectivity index (χ0v) is 11.3. The van der Waals surface area contributed by atoms with Crippen LogP contribution >= 0.6 is 15.9 Å². The molecule has 6 heteroatoms. The Kier molecular flexibility index (Phi) is 3.98. The summed E-state index contributed by atoms with van der Waals surface area (Å²) >= 11 is 3.27. The van der Waals surface area contributed by atoms with Gasteiger partial charge in [0.25, 0.3) is 0 Å². The van der Waals surface area contributed by atoms with Crippen LogP contribution in [0.2, 0.25) is 0 Å². The summed E-state index contributed by atoms with van der Waals surface area (Å²) in [5.74, 6) is -0.330. The molecule has 1 unspecified atom stereocenters. The zero-order valence-electron chi connectivity index (χ0n) is 9.68. The largest absolute Gasteiger partial charge is 0.494 e. The van der Waals surface area contributed by atoms with Crippen LogP contribution in [0.5, 0.6) is 5.75 Å². The first-order chi connectivity index (χ1) is 8.60. The van der Waals surface area contributed by atoms with Gasteiger partial charge in [0.2, 0.25) is 0 Å². The molecule has 0 bridgehead atoms. The Morgan fingerprint density at radius 2 is 2.33 bits per heavy atom. The lowest BCUT2D eigenvalue weighted by Crippen LogP contribution is -2.09. The minimum Gasteiger partial charge on any atom is -0.494 e. The molecule has 1 aromatic carbocycles. The fraction of sp³-hybridized carbons (Fsp3) is 0.250. The molecule has 4 nitrogen and oxygen atoms in total. The highest BCUT2D eigenvalue weighted by atomic mass is 79.9.